The van der Waals surface area contributed by atoms with Crippen LogP contribution in [0.4, 0.5) is 5.82 Å². The first-order chi connectivity index (χ1) is 14.9. The van der Waals surface area contributed by atoms with Crippen molar-refractivity contribution in [2.45, 2.75) is 32.9 Å². The number of anilines is 1. The number of nitrogens with two attached hydrogens (primary N) is 1. The van der Waals surface area contributed by atoms with Crippen molar-refractivity contribution in [2.24, 2.45) is 0 Å². The molecular formula is C24H26N4O3. The minimum Gasteiger partial charge on any atom is -0.497 e. The Morgan fingerprint density at radius 2 is 1.71 bits per heavy atom. The number of hydrogen-bond acceptors (Lipinski definition) is 6. The molecule has 160 valence electrons. The second-order valence-electron chi connectivity index (χ2n) is 7.71. The summed E-state index contributed by atoms with van der Waals surface area (Å²) in [6.45, 7) is 5.90. The van der Waals surface area contributed by atoms with Crippen LogP contribution in [0.25, 0.3) is 22.2 Å². The third-order valence-corrected chi connectivity index (χ3v) is 5.26. The van der Waals surface area contributed by atoms with Crippen molar-refractivity contribution in [3.63, 3.8) is 0 Å². The van der Waals surface area contributed by atoms with Gasteiger partial charge in [-0.25, -0.2) is 9.97 Å². The molecular weight excluding hydrogens is 392 g/mol. The quantitative estimate of drug-likeness (QED) is 0.451. The summed E-state index contributed by atoms with van der Waals surface area (Å²) >= 11 is 0. The van der Waals surface area contributed by atoms with E-state index in [1.807, 2.05) is 24.3 Å². The van der Waals surface area contributed by atoms with Crippen molar-refractivity contribution in [3.8, 4) is 28.4 Å². The van der Waals surface area contributed by atoms with Crippen LogP contribution in [0.5, 0.6) is 17.2 Å². The monoisotopic (exact) mass is 418 g/mol. The van der Waals surface area contributed by atoms with Gasteiger partial charge in [0.05, 0.1) is 18.6 Å². The van der Waals surface area contributed by atoms with Gasteiger partial charge in [-0.3, -0.25) is 0 Å². The molecule has 0 saturated carbocycles. The predicted molar refractivity (Wildman–Crippen MR) is 121 cm³/mol. The number of fused-ring (bicyclic) bond motifs is 1. The van der Waals surface area contributed by atoms with Crippen LogP contribution < -0.4 is 15.2 Å². The Hall–Kier alpha value is -3.58. The Kier molecular flexibility index (Phi) is 5.52. The Morgan fingerprint density at radius 1 is 1.00 bits per heavy atom. The molecule has 0 spiro atoms. The Labute approximate surface area is 181 Å². The zero-order valence-corrected chi connectivity index (χ0v) is 18.0. The molecule has 7 heteroatoms. The number of nitrogen functional groups attached to an aromatic ring is 1. The molecule has 0 aliphatic rings. The number of methoxy groups -OCH3 is 1. The van der Waals surface area contributed by atoms with Gasteiger partial charge in [0.1, 0.15) is 35.0 Å². The van der Waals surface area contributed by atoms with Gasteiger partial charge < -0.3 is 24.9 Å². The van der Waals surface area contributed by atoms with Crippen LogP contribution >= 0.6 is 0 Å². The molecule has 2 aromatic carbocycles. The highest BCUT2D eigenvalue weighted by molar-refractivity contribution is 6.00. The predicted octanol–water partition coefficient (Wildman–Crippen LogP) is 5.12. The van der Waals surface area contributed by atoms with Crippen LogP contribution in [0.3, 0.4) is 0 Å². The Bertz CT molecular complexity index is 1210. The van der Waals surface area contributed by atoms with Gasteiger partial charge in [-0.05, 0) is 56.7 Å². The summed E-state index contributed by atoms with van der Waals surface area (Å²) in [7, 11) is 1.59. The average Bonchev–Trinajstić information content (AvgIpc) is 3.16. The van der Waals surface area contributed by atoms with E-state index in [0.717, 1.165) is 22.2 Å². The summed E-state index contributed by atoms with van der Waals surface area (Å²) in [5.74, 6) is 2.37. The minimum absolute atomic E-state index is 0.238. The molecule has 0 radical (unpaired) electrons. The van der Waals surface area contributed by atoms with Crippen molar-refractivity contribution in [1.29, 1.82) is 0 Å². The van der Waals surface area contributed by atoms with Gasteiger partial charge in [-0.15, -0.1) is 0 Å². The number of benzene rings is 2. The van der Waals surface area contributed by atoms with Gasteiger partial charge >= 0.3 is 0 Å². The number of aliphatic hydroxyl groups is 1. The highest BCUT2D eigenvalue weighted by atomic mass is 16.5. The number of aromatic nitrogens is 3. The number of aliphatic hydroxyl groups excluding tert-OH is 1. The third kappa shape index (κ3) is 3.92. The summed E-state index contributed by atoms with van der Waals surface area (Å²) in [4.78, 5) is 8.61. The summed E-state index contributed by atoms with van der Waals surface area (Å²) in [5, 5.41) is 11.0. The van der Waals surface area contributed by atoms with Crippen molar-refractivity contribution >= 4 is 16.9 Å². The number of ether oxygens (including phenoxy) is 2. The maximum Gasteiger partial charge on any atom is 0.146 e. The first-order valence-corrected chi connectivity index (χ1v) is 10.1. The van der Waals surface area contributed by atoms with Gasteiger partial charge in [0.15, 0.2) is 0 Å². The largest absolute Gasteiger partial charge is 0.497 e. The normalized spacial score (nSPS) is 12.3. The highest BCUT2D eigenvalue weighted by Crippen LogP contribution is 2.36. The van der Waals surface area contributed by atoms with Gasteiger partial charge in [-0.2, -0.15) is 0 Å². The maximum absolute atomic E-state index is 10.1. The second kappa shape index (κ2) is 8.28. The SMILES string of the molecule is COc1ccc(Oc2ccc(-c3cn(C(C)C)c4ncnc(N)c34)cc2)c(C(C)O)c1. The molecule has 31 heavy (non-hydrogen) atoms. The molecule has 0 amide bonds. The van der Waals surface area contributed by atoms with Gasteiger partial charge in [0.2, 0.25) is 0 Å². The van der Waals surface area contributed by atoms with E-state index in [1.54, 1.807) is 32.2 Å². The fourth-order valence-corrected chi connectivity index (χ4v) is 3.62. The smallest absolute Gasteiger partial charge is 0.146 e. The second-order valence-corrected chi connectivity index (χ2v) is 7.71. The molecule has 0 aliphatic heterocycles. The van der Waals surface area contributed by atoms with Crippen molar-refractivity contribution in [2.75, 3.05) is 12.8 Å². The zero-order chi connectivity index (χ0) is 22.1. The highest BCUT2D eigenvalue weighted by Gasteiger charge is 2.17. The molecule has 1 unspecified atom stereocenters. The third-order valence-electron chi connectivity index (χ3n) is 5.26. The fraction of sp³-hybridized carbons (Fsp3) is 0.250. The topological polar surface area (TPSA) is 95.4 Å². The van der Waals surface area contributed by atoms with Crippen LogP contribution in [0.15, 0.2) is 55.0 Å². The van der Waals surface area contributed by atoms with Gasteiger partial charge in [-0.1, -0.05) is 12.1 Å². The first kappa shape index (κ1) is 20.7. The Balaban J connectivity index is 1.69. The van der Waals surface area contributed by atoms with E-state index in [0.29, 0.717) is 28.6 Å². The zero-order valence-electron chi connectivity index (χ0n) is 18.0. The molecule has 2 aromatic heterocycles. The summed E-state index contributed by atoms with van der Waals surface area (Å²) in [6, 6.07) is 13.4. The average molecular weight is 418 g/mol. The lowest BCUT2D eigenvalue weighted by atomic mass is 10.1. The van der Waals surface area contributed by atoms with Crippen LogP contribution in [-0.2, 0) is 0 Å². The van der Waals surface area contributed by atoms with E-state index in [2.05, 4.69) is 34.6 Å². The molecule has 2 heterocycles. The van der Waals surface area contributed by atoms with E-state index < -0.39 is 6.10 Å². The number of hydrogen-bond donors (Lipinski definition) is 2. The molecule has 4 rings (SSSR count). The van der Waals surface area contributed by atoms with Crippen LogP contribution in [0.1, 0.15) is 38.5 Å². The van der Waals surface area contributed by atoms with E-state index in [1.165, 1.54) is 6.33 Å². The lowest BCUT2D eigenvalue weighted by Gasteiger charge is -2.14. The molecule has 0 saturated heterocycles. The molecule has 7 nitrogen and oxygen atoms in total. The molecule has 4 aromatic rings. The molecule has 0 fully saturated rings. The molecule has 0 bridgehead atoms. The maximum atomic E-state index is 10.1. The lowest BCUT2D eigenvalue weighted by molar-refractivity contribution is 0.195. The molecule has 1 atom stereocenters. The van der Waals surface area contributed by atoms with Crippen LogP contribution in [0, 0.1) is 0 Å². The van der Waals surface area contributed by atoms with Crippen LogP contribution in [-0.4, -0.2) is 26.8 Å². The fourth-order valence-electron chi connectivity index (χ4n) is 3.62. The number of nitrogens with zero attached hydrogens (tertiary/aromatic N) is 3. The molecule has 0 aliphatic carbocycles. The van der Waals surface area contributed by atoms with Gasteiger partial charge in [0.25, 0.3) is 0 Å². The van der Waals surface area contributed by atoms with E-state index >= 15 is 0 Å². The summed E-state index contributed by atoms with van der Waals surface area (Å²) in [6.07, 6.45) is 2.87. The van der Waals surface area contributed by atoms with E-state index in [4.69, 9.17) is 15.2 Å². The van der Waals surface area contributed by atoms with E-state index in [-0.39, 0.29) is 6.04 Å². The van der Waals surface area contributed by atoms with E-state index in [9.17, 15) is 5.11 Å². The van der Waals surface area contributed by atoms with Crippen molar-refractivity contribution in [1.82, 2.24) is 14.5 Å². The molecule has 3 N–H and O–H groups in total. The standard InChI is InChI=1S/C24H26N4O3/c1-14(2)28-12-20(22-23(25)26-13-27-24(22)28)16-5-7-17(8-6-16)31-21-10-9-18(30-4)11-19(21)15(3)29/h5-15,29H,1-4H3,(H2,25,26,27). The number of rotatable bonds is 6. The summed E-state index contributed by atoms with van der Waals surface area (Å²) < 4.78 is 13.4. The van der Waals surface area contributed by atoms with Crippen molar-refractivity contribution in [3.05, 3.63) is 60.6 Å². The van der Waals surface area contributed by atoms with Crippen molar-refractivity contribution < 1.29 is 14.6 Å². The Morgan fingerprint density at radius 3 is 2.35 bits per heavy atom. The van der Waals surface area contributed by atoms with Crippen LogP contribution in [0.2, 0.25) is 0 Å². The van der Waals surface area contributed by atoms with Gasteiger partial charge in [0, 0.05) is 23.4 Å². The minimum atomic E-state index is -0.686. The lowest BCUT2D eigenvalue weighted by Crippen LogP contribution is -2.00. The summed E-state index contributed by atoms with van der Waals surface area (Å²) in [5.41, 5.74) is 9.63. The first-order valence-electron chi connectivity index (χ1n) is 10.1.